The van der Waals surface area contributed by atoms with Crippen LogP contribution in [0.4, 0.5) is 0 Å². The Bertz CT molecular complexity index is 125. The highest BCUT2D eigenvalue weighted by Gasteiger charge is 2.13. The van der Waals surface area contributed by atoms with Gasteiger partial charge in [0.2, 0.25) is 0 Å². The summed E-state index contributed by atoms with van der Waals surface area (Å²) in [5, 5.41) is 0. The molecule has 0 amide bonds. The Kier molecular flexibility index (Phi) is 9.18. The van der Waals surface area contributed by atoms with E-state index in [1.807, 2.05) is 0 Å². The highest BCUT2D eigenvalue weighted by Crippen LogP contribution is 2.23. The molecule has 0 N–H and O–H groups in total. The molecule has 0 aromatic carbocycles. The summed E-state index contributed by atoms with van der Waals surface area (Å²) in [5.74, 6) is 1.86. The minimum atomic E-state index is 0.913. The van der Waals surface area contributed by atoms with Gasteiger partial charge in [-0.2, -0.15) is 0 Å². The first-order valence-corrected chi connectivity index (χ1v) is 6.91. The summed E-state index contributed by atoms with van der Waals surface area (Å²) in [7, 11) is 0. The Labute approximate surface area is 97.2 Å². The molecule has 0 aliphatic carbocycles. The highest BCUT2D eigenvalue weighted by molar-refractivity contribution is 4.65. The molecule has 0 aromatic heterocycles. The number of hydrogen-bond donors (Lipinski definition) is 0. The van der Waals surface area contributed by atoms with Gasteiger partial charge in [-0.3, -0.25) is 0 Å². The Morgan fingerprint density at radius 1 is 0.933 bits per heavy atom. The van der Waals surface area contributed by atoms with Crippen molar-refractivity contribution in [3.8, 4) is 0 Å². The van der Waals surface area contributed by atoms with Gasteiger partial charge in [0.05, 0.1) is 0 Å². The van der Waals surface area contributed by atoms with Gasteiger partial charge in [0.25, 0.3) is 0 Å². The third kappa shape index (κ3) is 6.19. The molecule has 0 fully saturated rings. The average molecular weight is 214 g/mol. The van der Waals surface area contributed by atoms with Crippen LogP contribution >= 0.6 is 0 Å². The van der Waals surface area contributed by atoms with Crippen LogP contribution in [-0.2, 0) is 0 Å². The lowest BCUT2D eigenvalue weighted by atomic mass is 9.86. The SMILES string of the molecule is CCC(CC)C(C)CCC[15N](CC)CC. The summed E-state index contributed by atoms with van der Waals surface area (Å²) in [6.07, 6.45) is 5.48. The van der Waals surface area contributed by atoms with Gasteiger partial charge in [0.15, 0.2) is 0 Å². The Morgan fingerprint density at radius 3 is 1.87 bits per heavy atom. The van der Waals surface area contributed by atoms with Crippen LogP contribution in [-0.4, -0.2) is 24.5 Å². The lowest BCUT2D eigenvalue weighted by Gasteiger charge is -2.23. The molecule has 1 unspecified atom stereocenters. The quantitative estimate of drug-likeness (QED) is 0.520. The lowest BCUT2D eigenvalue weighted by Crippen LogP contribution is -2.24. The van der Waals surface area contributed by atoms with E-state index >= 15 is 0 Å². The second-order valence-corrected chi connectivity index (χ2v) is 4.72. The summed E-state index contributed by atoms with van der Waals surface area (Å²) in [6, 6.07) is 0. The molecule has 0 rings (SSSR count). The molecule has 1 atom stereocenters. The second kappa shape index (κ2) is 9.21. The van der Waals surface area contributed by atoms with Gasteiger partial charge in [-0.05, 0) is 44.3 Å². The molecule has 0 aliphatic heterocycles. The monoisotopic (exact) mass is 214 g/mol. The van der Waals surface area contributed by atoms with Crippen LogP contribution in [0.2, 0.25) is 0 Å². The Balaban J connectivity index is 3.65. The number of rotatable bonds is 9. The van der Waals surface area contributed by atoms with Crippen LogP contribution in [0.15, 0.2) is 0 Å². The fourth-order valence-corrected chi connectivity index (χ4v) is 2.51. The van der Waals surface area contributed by atoms with E-state index in [0.29, 0.717) is 0 Å². The van der Waals surface area contributed by atoms with Crippen molar-refractivity contribution in [2.24, 2.45) is 11.8 Å². The summed E-state index contributed by atoms with van der Waals surface area (Å²) >= 11 is 0. The average Bonchev–Trinajstić information content (AvgIpc) is 2.26. The van der Waals surface area contributed by atoms with Crippen molar-refractivity contribution in [3.05, 3.63) is 0 Å². The molecule has 0 bridgehead atoms. The fourth-order valence-electron chi connectivity index (χ4n) is 2.51. The van der Waals surface area contributed by atoms with Crippen LogP contribution in [0.25, 0.3) is 0 Å². The predicted molar refractivity (Wildman–Crippen MR) is 70.3 cm³/mol. The van der Waals surface area contributed by atoms with Gasteiger partial charge in [-0.25, -0.2) is 0 Å². The van der Waals surface area contributed by atoms with E-state index in [9.17, 15) is 0 Å². The summed E-state index contributed by atoms with van der Waals surface area (Å²) < 4.78 is 0. The summed E-state index contributed by atoms with van der Waals surface area (Å²) in [5.41, 5.74) is 0. The second-order valence-electron chi connectivity index (χ2n) is 4.72. The third-order valence-electron chi connectivity index (χ3n) is 3.88. The largest absolute Gasteiger partial charge is 0.304 e. The maximum absolute atomic E-state index is 2.53. The molecule has 0 spiro atoms. The molecule has 0 heterocycles. The molecule has 1 heteroatoms. The van der Waals surface area contributed by atoms with Crippen LogP contribution in [0.3, 0.4) is 0 Å². The zero-order valence-electron chi connectivity index (χ0n) is 11.6. The zero-order chi connectivity index (χ0) is 11.7. The number of hydrogen-bond acceptors (Lipinski definition) is 1. The van der Waals surface area contributed by atoms with E-state index in [-0.39, 0.29) is 0 Å². The van der Waals surface area contributed by atoms with Crippen LogP contribution in [0.1, 0.15) is 60.3 Å². The fraction of sp³-hybridized carbons (Fsp3) is 1.00. The normalized spacial score (nSPS) is 13.8. The first-order valence-electron chi connectivity index (χ1n) is 6.91. The van der Waals surface area contributed by atoms with Crippen molar-refractivity contribution >= 4 is 0 Å². The van der Waals surface area contributed by atoms with E-state index < -0.39 is 0 Å². The molecule has 15 heavy (non-hydrogen) atoms. The molecule has 1 nitrogen and oxygen atoms in total. The molecule has 0 aliphatic rings. The van der Waals surface area contributed by atoms with Crippen molar-refractivity contribution in [3.63, 3.8) is 0 Å². The first-order chi connectivity index (χ1) is 7.19. The van der Waals surface area contributed by atoms with E-state index in [4.69, 9.17) is 0 Å². The predicted octanol–water partition coefficient (Wildman–Crippen LogP) is 4.18. The molecule has 0 saturated heterocycles. The molecule has 0 saturated carbocycles. The molecular weight excluding hydrogens is 183 g/mol. The van der Waals surface area contributed by atoms with Gasteiger partial charge in [0.1, 0.15) is 0 Å². The summed E-state index contributed by atoms with van der Waals surface area (Å²) in [6.45, 7) is 15.3. The topological polar surface area (TPSA) is 3.24 Å². The van der Waals surface area contributed by atoms with Gasteiger partial charge in [-0.1, -0.05) is 47.5 Å². The van der Waals surface area contributed by atoms with Crippen LogP contribution in [0.5, 0.6) is 0 Å². The van der Waals surface area contributed by atoms with Crippen molar-refractivity contribution in [1.82, 2.24) is 4.90 Å². The van der Waals surface area contributed by atoms with Gasteiger partial charge in [0, 0.05) is 0 Å². The standard InChI is InChI=1S/C14H31N/c1-6-14(7-2)13(5)11-10-12-15(8-3)9-4/h13-14H,6-12H2,1-5H3/i15+1. The molecule has 92 valence electrons. The smallest absolute Gasteiger partial charge is 0.00189 e. The number of nitrogens with zero attached hydrogens (tertiary/aromatic N) is 1. The molecular formula is C14H31N. The lowest BCUT2D eigenvalue weighted by molar-refractivity contribution is 0.262. The molecule has 0 radical (unpaired) electrons. The Hall–Kier alpha value is -0.0400. The van der Waals surface area contributed by atoms with Crippen molar-refractivity contribution in [2.45, 2.75) is 60.3 Å². The van der Waals surface area contributed by atoms with E-state index in [1.54, 1.807) is 0 Å². The van der Waals surface area contributed by atoms with Crippen molar-refractivity contribution < 1.29 is 0 Å². The maximum atomic E-state index is 2.53. The van der Waals surface area contributed by atoms with E-state index in [1.165, 1.54) is 45.3 Å². The minimum absolute atomic E-state index is 0.913. The van der Waals surface area contributed by atoms with Gasteiger partial charge >= 0.3 is 0 Å². The van der Waals surface area contributed by atoms with Crippen LogP contribution < -0.4 is 0 Å². The Morgan fingerprint density at radius 2 is 1.47 bits per heavy atom. The van der Waals surface area contributed by atoms with Gasteiger partial charge in [-0.15, -0.1) is 0 Å². The van der Waals surface area contributed by atoms with Gasteiger partial charge < -0.3 is 4.90 Å². The van der Waals surface area contributed by atoms with E-state index in [2.05, 4.69) is 39.5 Å². The first kappa shape index (κ1) is 15.0. The van der Waals surface area contributed by atoms with Crippen LogP contribution in [0, 0.1) is 11.8 Å². The van der Waals surface area contributed by atoms with E-state index in [0.717, 1.165) is 11.8 Å². The van der Waals surface area contributed by atoms with Crippen molar-refractivity contribution in [2.75, 3.05) is 19.6 Å². The molecule has 0 aromatic rings. The zero-order valence-corrected chi connectivity index (χ0v) is 11.6. The van der Waals surface area contributed by atoms with Crippen molar-refractivity contribution in [1.29, 1.82) is 0 Å². The maximum Gasteiger partial charge on any atom is -0.00189 e. The summed E-state index contributed by atoms with van der Waals surface area (Å²) in [4.78, 5) is 2.53. The highest BCUT2D eigenvalue weighted by atomic mass is 15.8. The third-order valence-corrected chi connectivity index (χ3v) is 3.88. The minimum Gasteiger partial charge on any atom is -0.304 e.